The Hall–Kier alpha value is -1.42. The fraction of sp³-hybridized carbons (Fsp3) is 0.533. The second kappa shape index (κ2) is 5.70. The Balaban J connectivity index is 2.17. The van der Waals surface area contributed by atoms with E-state index in [-0.39, 0.29) is 12.5 Å². The molecule has 1 aromatic rings. The molecule has 0 radical (unpaired) electrons. The van der Waals surface area contributed by atoms with Gasteiger partial charge in [-0.1, -0.05) is 25.3 Å². The van der Waals surface area contributed by atoms with E-state index in [1.807, 2.05) is 0 Å². The van der Waals surface area contributed by atoms with Crippen molar-refractivity contribution in [1.29, 1.82) is 0 Å². The zero-order valence-electron chi connectivity index (χ0n) is 11.2. The van der Waals surface area contributed by atoms with Crippen LogP contribution in [0.25, 0.3) is 0 Å². The molecule has 1 aliphatic carbocycles. The monoisotopic (exact) mass is 265 g/mol. The van der Waals surface area contributed by atoms with Gasteiger partial charge in [-0.25, -0.2) is 4.39 Å². The van der Waals surface area contributed by atoms with Gasteiger partial charge in [0.25, 0.3) is 5.91 Å². The number of halogens is 1. The van der Waals surface area contributed by atoms with E-state index in [1.165, 1.54) is 12.1 Å². The normalized spacial score (nSPS) is 18.1. The maximum absolute atomic E-state index is 13.2. The molecule has 104 valence electrons. The van der Waals surface area contributed by atoms with Crippen LogP contribution in [0.3, 0.4) is 0 Å². The molecule has 0 heterocycles. The van der Waals surface area contributed by atoms with Gasteiger partial charge in [0.1, 0.15) is 5.82 Å². The van der Waals surface area contributed by atoms with Gasteiger partial charge in [-0.05, 0) is 37.5 Å². The third kappa shape index (κ3) is 3.13. The highest BCUT2D eigenvalue weighted by Gasteiger charge is 2.33. The number of aliphatic hydroxyl groups is 1. The number of nitrogens with one attached hydrogen (secondary N) is 1. The fourth-order valence-electron chi connectivity index (χ4n) is 2.70. The molecular formula is C15H20FNO2. The topological polar surface area (TPSA) is 49.3 Å². The summed E-state index contributed by atoms with van der Waals surface area (Å²) >= 11 is 0. The van der Waals surface area contributed by atoms with Crippen molar-refractivity contribution >= 4 is 5.91 Å². The first kappa shape index (κ1) is 14.0. The average Bonchev–Trinajstić information content (AvgIpc) is 2.42. The zero-order chi connectivity index (χ0) is 13.9. The van der Waals surface area contributed by atoms with Crippen LogP contribution in [0, 0.1) is 12.7 Å². The first-order valence-corrected chi connectivity index (χ1v) is 6.76. The second-order valence-electron chi connectivity index (χ2n) is 5.41. The van der Waals surface area contributed by atoms with E-state index in [4.69, 9.17) is 0 Å². The maximum atomic E-state index is 13.2. The summed E-state index contributed by atoms with van der Waals surface area (Å²) in [5, 5.41) is 12.5. The summed E-state index contributed by atoms with van der Waals surface area (Å²) in [6.07, 6.45) is 4.70. The minimum atomic E-state index is -0.534. The molecule has 1 saturated carbocycles. The molecule has 3 nitrogen and oxygen atoms in total. The van der Waals surface area contributed by atoms with Crippen LogP contribution in [0.1, 0.15) is 48.0 Å². The van der Waals surface area contributed by atoms with Crippen LogP contribution in [-0.4, -0.2) is 23.2 Å². The van der Waals surface area contributed by atoms with Crippen molar-refractivity contribution in [2.75, 3.05) is 6.61 Å². The molecule has 2 rings (SSSR count). The summed E-state index contributed by atoms with van der Waals surface area (Å²) in [7, 11) is 0. The molecule has 2 N–H and O–H groups in total. The Morgan fingerprint density at radius 3 is 2.68 bits per heavy atom. The lowest BCUT2D eigenvalue weighted by Gasteiger charge is -2.36. The van der Waals surface area contributed by atoms with Crippen LogP contribution in [0.2, 0.25) is 0 Å². The molecule has 1 fully saturated rings. The van der Waals surface area contributed by atoms with Gasteiger partial charge in [0.05, 0.1) is 12.1 Å². The highest BCUT2D eigenvalue weighted by Crippen LogP contribution is 2.28. The smallest absolute Gasteiger partial charge is 0.252 e. The Bertz CT molecular complexity index is 467. The number of hydrogen-bond acceptors (Lipinski definition) is 2. The summed E-state index contributed by atoms with van der Waals surface area (Å²) in [6, 6.07) is 4.18. The molecular weight excluding hydrogens is 245 g/mol. The lowest BCUT2D eigenvalue weighted by atomic mass is 9.82. The number of benzene rings is 1. The molecule has 0 saturated heterocycles. The molecule has 19 heavy (non-hydrogen) atoms. The van der Waals surface area contributed by atoms with Crippen LogP contribution >= 0.6 is 0 Å². The van der Waals surface area contributed by atoms with Gasteiger partial charge in [-0.2, -0.15) is 0 Å². The van der Waals surface area contributed by atoms with Crippen LogP contribution < -0.4 is 5.32 Å². The predicted octanol–water partition coefficient (Wildman–Crippen LogP) is 2.56. The number of aliphatic hydroxyl groups excluding tert-OH is 1. The summed E-state index contributed by atoms with van der Waals surface area (Å²) in [5.41, 5.74) is 0.551. The molecule has 0 spiro atoms. The highest BCUT2D eigenvalue weighted by atomic mass is 19.1. The van der Waals surface area contributed by atoms with E-state index >= 15 is 0 Å². The Morgan fingerprint density at radius 1 is 1.37 bits per heavy atom. The molecule has 0 aromatic heterocycles. The summed E-state index contributed by atoms with van der Waals surface area (Å²) < 4.78 is 13.2. The van der Waals surface area contributed by atoms with Gasteiger partial charge in [0, 0.05) is 5.56 Å². The Labute approximate surface area is 112 Å². The van der Waals surface area contributed by atoms with E-state index in [1.54, 1.807) is 13.0 Å². The van der Waals surface area contributed by atoms with Crippen molar-refractivity contribution in [1.82, 2.24) is 5.32 Å². The number of carbonyl (C=O) groups is 1. The second-order valence-corrected chi connectivity index (χ2v) is 5.41. The lowest BCUT2D eigenvalue weighted by Crippen LogP contribution is -2.52. The minimum absolute atomic E-state index is 0.0624. The van der Waals surface area contributed by atoms with Crippen LogP contribution in [0.5, 0.6) is 0 Å². The van der Waals surface area contributed by atoms with Gasteiger partial charge < -0.3 is 10.4 Å². The van der Waals surface area contributed by atoms with Crippen LogP contribution in [-0.2, 0) is 0 Å². The predicted molar refractivity (Wildman–Crippen MR) is 71.5 cm³/mol. The first-order valence-electron chi connectivity index (χ1n) is 6.76. The number of hydrogen-bond donors (Lipinski definition) is 2. The van der Waals surface area contributed by atoms with Crippen molar-refractivity contribution in [3.8, 4) is 0 Å². The van der Waals surface area contributed by atoms with E-state index in [9.17, 15) is 14.3 Å². The van der Waals surface area contributed by atoms with E-state index in [0.717, 1.165) is 37.7 Å². The van der Waals surface area contributed by atoms with Crippen molar-refractivity contribution < 1.29 is 14.3 Å². The summed E-state index contributed by atoms with van der Waals surface area (Å²) in [5.74, 6) is -0.717. The quantitative estimate of drug-likeness (QED) is 0.882. The maximum Gasteiger partial charge on any atom is 0.252 e. The highest BCUT2D eigenvalue weighted by molar-refractivity contribution is 5.96. The zero-order valence-corrected chi connectivity index (χ0v) is 11.2. The summed E-state index contributed by atoms with van der Waals surface area (Å²) in [4.78, 5) is 12.3. The largest absolute Gasteiger partial charge is 0.394 e. The molecule has 4 heteroatoms. The SMILES string of the molecule is Cc1ccc(F)cc1C(=O)NC1(CO)CCCCC1. The molecule has 1 aromatic carbocycles. The Kier molecular flexibility index (Phi) is 4.20. The summed E-state index contributed by atoms with van der Waals surface area (Å²) in [6.45, 7) is 1.72. The molecule has 0 atom stereocenters. The van der Waals surface area contributed by atoms with Crippen molar-refractivity contribution in [2.45, 2.75) is 44.6 Å². The van der Waals surface area contributed by atoms with Crippen LogP contribution in [0.4, 0.5) is 4.39 Å². The fourth-order valence-corrected chi connectivity index (χ4v) is 2.70. The molecule has 0 unspecified atom stereocenters. The van der Waals surface area contributed by atoms with Gasteiger partial charge >= 0.3 is 0 Å². The van der Waals surface area contributed by atoms with E-state index in [0.29, 0.717) is 5.56 Å². The molecule has 1 aliphatic rings. The standard InChI is InChI=1S/C15H20FNO2/c1-11-5-6-12(16)9-13(11)14(19)17-15(10-18)7-3-2-4-8-15/h5-6,9,18H,2-4,7-8,10H2,1H3,(H,17,19). The average molecular weight is 265 g/mol. The number of carbonyl (C=O) groups excluding carboxylic acids is 1. The van der Waals surface area contributed by atoms with Crippen LogP contribution in [0.15, 0.2) is 18.2 Å². The third-order valence-corrected chi connectivity index (χ3v) is 3.94. The molecule has 0 bridgehead atoms. The molecule has 1 amide bonds. The van der Waals surface area contributed by atoms with Crippen molar-refractivity contribution in [2.24, 2.45) is 0 Å². The lowest BCUT2D eigenvalue weighted by molar-refractivity contribution is 0.0757. The van der Waals surface area contributed by atoms with Gasteiger partial charge in [-0.3, -0.25) is 4.79 Å². The number of aryl methyl sites for hydroxylation is 1. The third-order valence-electron chi connectivity index (χ3n) is 3.94. The van der Waals surface area contributed by atoms with Gasteiger partial charge in [0.15, 0.2) is 0 Å². The van der Waals surface area contributed by atoms with Crippen molar-refractivity contribution in [3.05, 3.63) is 35.1 Å². The number of rotatable bonds is 3. The van der Waals surface area contributed by atoms with Gasteiger partial charge in [0.2, 0.25) is 0 Å². The molecule has 0 aliphatic heterocycles. The van der Waals surface area contributed by atoms with E-state index in [2.05, 4.69) is 5.32 Å². The number of amides is 1. The first-order chi connectivity index (χ1) is 9.06. The van der Waals surface area contributed by atoms with E-state index < -0.39 is 11.4 Å². The Morgan fingerprint density at radius 2 is 2.05 bits per heavy atom. The van der Waals surface area contributed by atoms with Gasteiger partial charge in [-0.15, -0.1) is 0 Å². The van der Waals surface area contributed by atoms with Crippen molar-refractivity contribution in [3.63, 3.8) is 0 Å². The minimum Gasteiger partial charge on any atom is -0.394 e.